The standard InChI is InChI=1S/C25H25N3O2/c1-18(19-7-3-2-4-8-19)26-25(30)21-11-13-22(14-12-21)27-24(29)17-28-16-15-20-9-5-6-10-23(20)28/h2-14,18H,15-17H2,1H3,(H,26,30)(H,27,29). The van der Waals surface area contributed by atoms with Crippen LogP contribution in [0.1, 0.15) is 34.5 Å². The van der Waals surface area contributed by atoms with Crippen molar-refractivity contribution in [1.29, 1.82) is 0 Å². The summed E-state index contributed by atoms with van der Waals surface area (Å²) in [6.07, 6.45) is 0.967. The second kappa shape index (κ2) is 8.82. The van der Waals surface area contributed by atoms with Gasteiger partial charge in [0.15, 0.2) is 0 Å². The molecular weight excluding hydrogens is 374 g/mol. The second-order valence-electron chi connectivity index (χ2n) is 7.53. The van der Waals surface area contributed by atoms with E-state index in [-0.39, 0.29) is 17.9 Å². The molecule has 0 radical (unpaired) electrons. The number of anilines is 2. The highest BCUT2D eigenvalue weighted by Gasteiger charge is 2.20. The molecule has 1 unspecified atom stereocenters. The molecule has 0 aromatic heterocycles. The molecule has 0 saturated carbocycles. The Hall–Kier alpha value is -3.60. The summed E-state index contributed by atoms with van der Waals surface area (Å²) < 4.78 is 0. The zero-order valence-electron chi connectivity index (χ0n) is 17.0. The number of rotatable bonds is 6. The van der Waals surface area contributed by atoms with Gasteiger partial charge in [-0.05, 0) is 54.8 Å². The first-order valence-corrected chi connectivity index (χ1v) is 10.2. The third-order valence-corrected chi connectivity index (χ3v) is 5.40. The SMILES string of the molecule is CC(NC(=O)c1ccc(NC(=O)CN2CCc3ccccc32)cc1)c1ccccc1. The lowest BCUT2D eigenvalue weighted by molar-refractivity contribution is -0.115. The van der Waals surface area contributed by atoms with Crippen molar-refractivity contribution >= 4 is 23.2 Å². The van der Waals surface area contributed by atoms with Crippen LogP contribution in [0.3, 0.4) is 0 Å². The molecule has 4 rings (SSSR count). The van der Waals surface area contributed by atoms with E-state index in [1.54, 1.807) is 24.3 Å². The number of amides is 2. The van der Waals surface area contributed by atoms with Gasteiger partial charge in [0.25, 0.3) is 5.91 Å². The fourth-order valence-electron chi connectivity index (χ4n) is 3.75. The van der Waals surface area contributed by atoms with E-state index in [4.69, 9.17) is 0 Å². The Morgan fingerprint density at radius 2 is 1.63 bits per heavy atom. The second-order valence-corrected chi connectivity index (χ2v) is 7.53. The predicted molar refractivity (Wildman–Crippen MR) is 120 cm³/mol. The van der Waals surface area contributed by atoms with E-state index < -0.39 is 0 Å². The smallest absolute Gasteiger partial charge is 0.251 e. The van der Waals surface area contributed by atoms with Crippen molar-refractivity contribution in [1.82, 2.24) is 5.32 Å². The molecule has 3 aromatic rings. The van der Waals surface area contributed by atoms with Gasteiger partial charge in [-0.2, -0.15) is 0 Å². The predicted octanol–water partition coefficient (Wildman–Crippen LogP) is 4.18. The molecule has 0 bridgehead atoms. The lowest BCUT2D eigenvalue weighted by Crippen LogP contribution is -2.31. The molecule has 1 aliphatic rings. The number of fused-ring (bicyclic) bond motifs is 1. The summed E-state index contributed by atoms with van der Waals surface area (Å²) in [5, 5.41) is 5.92. The summed E-state index contributed by atoms with van der Waals surface area (Å²) in [5.41, 5.74) is 4.71. The van der Waals surface area contributed by atoms with E-state index in [1.165, 1.54) is 5.56 Å². The lowest BCUT2D eigenvalue weighted by atomic mass is 10.1. The van der Waals surface area contributed by atoms with Crippen LogP contribution in [0.25, 0.3) is 0 Å². The third kappa shape index (κ3) is 4.51. The number of hydrogen-bond acceptors (Lipinski definition) is 3. The van der Waals surface area contributed by atoms with E-state index >= 15 is 0 Å². The number of nitrogens with one attached hydrogen (secondary N) is 2. The molecule has 5 heteroatoms. The van der Waals surface area contributed by atoms with Crippen molar-refractivity contribution in [2.24, 2.45) is 0 Å². The van der Waals surface area contributed by atoms with Crippen LogP contribution < -0.4 is 15.5 Å². The van der Waals surface area contributed by atoms with Crippen LogP contribution in [0, 0.1) is 0 Å². The van der Waals surface area contributed by atoms with E-state index in [0.29, 0.717) is 17.8 Å². The fraction of sp³-hybridized carbons (Fsp3) is 0.200. The van der Waals surface area contributed by atoms with Gasteiger partial charge in [-0.15, -0.1) is 0 Å². The largest absolute Gasteiger partial charge is 0.362 e. The number of para-hydroxylation sites is 1. The molecule has 1 aliphatic heterocycles. The summed E-state index contributed by atoms with van der Waals surface area (Å²) in [7, 11) is 0. The number of carbonyl (C=O) groups excluding carboxylic acids is 2. The van der Waals surface area contributed by atoms with Crippen LogP contribution in [0.15, 0.2) is 78.9 Å². The van der Waals surface area contributed by atoms with Gasteiger partial charge in [0, 0.05) is 23.5 Å². The Labute approximate surface area is 176 Å². The highest BCUT2D eigenvalue weighted by atomic mass is 16.2. The quantitative estimate of drug-likeness (QED) is 0.654. The van der Waals surface area contributed by atoms with Crippen LogP contribution in [0.2, 0.25) is 0 Å². The van der Waals surface area contributed by atoms with Crippen LogP contribution in [-0.4, -0.2) is 24.9 Å². The third-order valence-electron chi connectivity index (χ3n) is 5.40. The Morgan fingerprint density at radius 1 is 0.933 bits per heavy atom. The first kappa shape index (κ1) is 19.7. The molecule has 30 heavy (non-hydrogen) atoms. The highest BCUT2D eigenvalue weighted by Crippen LogP contribution is 2.27. The Balaban J connectivity index is 1.32. The van der Waals surface area contributed by atoms with Crippen molar-refractivity contribution in [2.75, 3.05) is 23.3 Å². The molecule has 2 N–H and O–H groups in total. The molecule has 5 nitrogen and oxygen atoms in total. The molecule has 3 aromatic carbocycles. The number of hydrogen-bond donors (Lipinski definition) is 2. The topological polar surface area (TPSA) is 61.4 Å². The van der Waals surface area contributed by atoms with Crippen molar-refractivity contribution in [3.05, 3.63) is 95.6 Å². The van der Waals surface area contributed by atoms with E-state index in [1.807, 2.05) is 49.4 Å². The Kier molecular flexibility index (Phi) is 5.80. The van der Waals surface area contributed by atoms with Gasteiger partial charge in [0.1, 0.15) is 0 Å². The van der Waals surface area contributed by atoms with Crippen molar-refractivity contribution in [3.8, 4) is 0 Å². The lowest BCUT2D eigenvalue weighted by Gasteiger charge is -2.19. The molecule has 2 amide bonds. The molecule has 0 aliphatic carbocycles. The fourth-order valence-corrected chi connectivity index (χ4v) is 3.75. The minimum atomic E-state index is -0.141. The van der Waals surface area contributed by atoms with Crippen LogP contribution in [0.4, 0.5) is 11.4 Å². The molecule has 0 fully saturated rings. The normalized spacial score (nSPS) is 13.4. The molecule has 0 spiro atoms. The van der Waals surface area contributed by atoms with Crippen LogP contribution >= 0.6 is 0 Å². The first-order chi connectivity index (χ1) is 14.6. The molecule has 152 valence electrons. The maximum atomic E-state index is 12.5. The van der Waals surface area contributed by atoms with Gasteiger partial charge < -0.3 is 15.5 Å². The maximum Gasteiger partial charge on any atom is 0.251 e. The number of carbonyl (C=O) groups is 2. The minimum Gasteiger partial charge on any atom is -0.362 e. The van der Waals surface area contributed by atoms with Crippen molar-refractivity contribution in [3.63, 3.8) is 0 Å². The van der Waals surface area contributed by atoms with Crippen LogP contribution in [-0.2, 0) is 11.2 Å². The molecular formula is C25H25N3O2. The summed E-state index contributed by atoms with van der Waals surface area (Å²) in [4.78, 5) is 27.1. The van der Waals surface area contributed by atoms with E-state index in [2.05, 4.69) is 27.7 Å². The summed E-state index contributed by atoms with van der Waals surface area (Å²) in [6, 6.07) is 24.9. The van der Waals surface area contributed by atoms with Crippen molar-refractivity contribution in [2.45, 2.75) is 19.4 Å². The zero-order valence-corrected chi connectivity index (χ0v) is 17.0. The number of nitrogens with zero attached hydrogens (tertiary/aromatic N) is 1. The van der Waals surface area contributed by atoms with Gasteiger partial charge in [0.05, 0.1) is 12.6 Å². The summed E-state index contributed by atoms with van der Waals surface area (Å²) in [5.74, 6) is -0.209. The summed E-state index contributed by atoms with van der Waals surface area (Å²) in [6.45, 7) is 3.12. The Morgan fingerprint density at radius 3 is 2.40 bits per heavy atom. The summed E-state index contributed by atoms with van der Waals surface area (Å²) >= 11 is 0. The van der Waals surface area contributed by atoms with Gasteiger partial charge in [0.2, 0.25) is 5.91 Å². The monoisotopic (exact) mass is 399 g/mol. The number of benzene rings is 3. The zero-order chi connectivity index (χ0) is 20.9. The highest BCUT2D eigenvalue weighted by molar-refractivity contribution is 5.97. The van der Waals surface area contributed by atoms with Crippen molar-refractivity contribution < 1.29 is 9.59 Å². The molecule has 0 saturated heterocycles. The van der Waals surface area contributed by atoms with Gasteiger partial charge in [-0.3, -0.25) is 9.59 Å². The minimum absolute atomic E-state index is 0.0680. The van der Waals surface area contributed by atoms with Gasteiger partial charge >= 0.3 is 0 Å². The average Bonchev–Trinajstić information content (AvgIpc) is 3.17. The maximum absolute atomic E-state index is 12.5. The first-order valence-electron chi connectivity index (χ1n) is 10.2. The average molecular weight is 399 g/mol. The molecule has 1 heterocycles. The van der Waals surface area contributed by atoms with E-state index in [9.17, 15) is 9.59 Å². The van der Waals surface area contributed by atoms with E-state index in [0.717, 1.165) is 24.2 Å². The van der Waals surface area contributed by atoms with Gasteiger partial charge in [-0.1, -0.05) is 48.5 Å². The van der Waals surface area contributed by atoms with Crippen LogP contribution in [0.5, 0.6) is 0 Å². The van der Waals surface area contributed by atoms with Gasteiger partial charge in [-0.25, -0.2) is 0 Å². The molecule has 1 atom stereocenters. The Bertz CT molecular complexity index is 1030.